The molecular weight excluding hydrogens is 350 g/mol. The van der Waals surface area contributed by atoms with Gasteiger partial charge in [0, 0.05) is 17.4 Å². The van der Waals surface area contributed by atoms with E-state index < -0.39 is 0 Å². The van der Waals surface area contributed by atoms with E-state index >= 15 is 0 Å². The standard InChI is InChI=1S/C23H17N3O2/c24-13-20-22-19(21(27)14-25-20)12-18(11-16-7-3-1-4-8-16)23(28)26(22)15-17-9-5-2-6-10-17/h1-10,12,14,27H,11,15H2. The number of nitriles is 1. The smallest absolute Gasteiger partial charge is 0.254 e. The molecule has 0 saturated heterocycles. The first-order valence-corrected chi connectivity index (χ1v) is 8.89. The summed E-state index contributed by atoms with van der Waals surface area (Å²) in [6.45, 7) is 0.290. The van der Waals surface area contributed by atoms with Crippen LogP contribution in [0.2, 0.25) is 0 Å². The number of hydrogen-bond acceptors (Lipinski definition) is 4. The average Bonchev–Trinajstić information content (AvgIpc) is 2.73. The number of rotatable bonds is 4. The lowest BCUT2D eigenvalue weighted by molar-refractivity contribution is 0.478. The number of hydrogen-bond donors (Lipinski definition) is 1. The minimum absolute atomic E-state index is 0.0508. The van der Waals surface area contributed by atoms with Crippen molar-refractivity contribution in [2.24, 2.45) is 0 Å². The Labute approximate surface area is 161 Å². The molecule has 4 rings (SSSR count). The van der Waals surface area contributed by atoms with Gasteiger partial charge >= 0.3 is 0 Å². The Bertz CT molecular complexity index is 1240. The lowest BCUT2D eigenvalue weighted by Gasteiger charge is -2.15. The quantitative estimate of drug-likeness (QED) is 0.598. The van der Waals surface area contributed by atoms with Gasteiger partial charge in [-0.25, -0.2) is 4.98 Å². The van der Waals surface area contributed by atoms with E-state index in [1.165, 1.54) is 10.8 Å². The van der Waals surface area contributed by atoms with Crippen molar-refractivity contribution in [3.63, 3.8) is 0 Å². The van der Waals surface area contributed by atoms with Gasteiger partial charge in [-0.1, -0.05) is 60.7 Å². The van der Waals surface area contributed by atoms with E-state index in [9.17, 15) is 15.2 Å². The number of aromatic hydroxyl groups is 1. The van der Waals surface area contributed by atoms with Crippen LogP contribution in [-0.2, 0) is 13.0 Å². The maximum atomic E-state index is 13.3. The number of fused-ring (bicyclic) bond motifs is 1. The molecule has 1 N–H and O–H groups in total. The molecule has 5 heteroatoms. The number of pyridine rings is 2. The largest absolute Gasteiger partial charge is 0.506 e. The van der Waals surface area contributed by atoms with E-state index in [4.69, 9.17) is 0 Å². The van der Waals surface area contributed by atoms with Gasteiger partial charge in [-0.2, -0.15) is 5.26 Å². The Hall–Kier alpha value is -3.91. The third-order valence-electron chi connectivity index (χ3n) is 4.71. The van der Waals surface area contributed by atoms with Gasteiger partial charge in [-0.3, -0.25) is 4.79 Å². The van der Waals surface area contributed by atoms with Gasteiger partial charge in [-0.05, 0) is 17.2 Å². The molecule has 5 nitrogen and oxygen atoms in total. The Kier molecular flexibility index (Phi) is 4.61. The Morgan fingerprint density at radius 1 is 1.00 bits per heavy atom. The molecule has 0 aliphatic heterocycles. The molecule has 0 spiro atoms. The summed E-state index contributed by atoms with van der Waals surface area (Å²) >= 11 is 0. The van der Waals surface area contributed by atoms with Crippen molar-refractivity contribution >= 4 is 10.9 Å². The first kappa shape index (κ1) is 17.5. The summed E-state index contributed by atoms with van der Waals surface area (Å²) in [5.41, 5.74) is 2.76. The van der Waals surface area contributed by atoms with Gasteiger partial charge in [0.05, 0.1) is 18.3 Å². The summed E-state index contributed by atoms with van der Waals surface area (Å²) < 4.78 is 1.54. The van der Waals surface area contributed by atoms with Crippen LogP contribution in [0.5, 0.6) is 5.75 Å². The number of aromatic nitrogens is 2. The molecule has 0 fully saturated rings. The monoisotopic (exact) mass is 367 g/mol. The second-order valence-electron chi connectivity index (χ2n) is 6.57. The number of nitrogens with zero attached hydrogens (tertiary/aromatic N) is 3. The first-order chi connectivity index (χ1) is 13.7. The van der Waals surface area contributed by atoms with Crippen LogP contribution in [-0.4, -0.2) is 14.7 Å². The fraction of sp³-hybridized carbons (Fsp3) is 0.0870. The van der Waals surface area contributed by atoms with E-state index in [1.54, 1.807) is 6.07 Å². The summed E-state index contributed by atoms with van der Waals surface area (Å²) in [5.74, 6) is -0.0508. The Balaban J connectivity index is 1.97. The lowest BCUT2D eigenvalue weighted by atomic mass is 10.0. The second-order valence-corrected chi connectivity index (χ2v) is 6.57. The van der Waals surface area contributed by atoms with Crippen molar-refractivity contribution in [3.05, 3.63) is 106 Å². The van der Waals surface area contributed by atoms with Crippen molar-refractivity contribution in [2.75, 3.05) is 0 Å². The molecular formula is C23H17N3O2. The molecule has 0 unspecified atom stereocenters. The highest BCUT2D eigenvalue weighted by Gasteiger charge is 2.17. The highest BCUT2D eigenvalue weighted by atomic mass is 16.3. The average molecular weight is 367 g/mol. The van der Waals surface area contributed by atoms with Crippen LogP contribution in [0.15, 0.2) is 77.7 Å². The van der Waals surface area contributed by atoms with Gasteiger partial charge in [0.2, 0.25) is 0 Å². The van der Waals surface area contributed by atoms with Crippen LogP contribution < -0.4 is 5.56 Å². The summed E-state index contributed by atoms with van der Waals surface area (Å²) in [5, 5.41) is 20.3. The zero-order valence-electron chi connectivity index (χ0n) is 15.0. The van der Waals surface area contributed by atoms with E-state index in [-0.39, 0.29) is 17.0 Å². The summed E-state index contributed by atoms with van der Waals surface area (Å²) in [6, 6.07) is 22.9. The Morgan fingerprint density at radius 3 is 2.29 bits per heavy atom. The van der Waals surface area contributed by atoms with Crippen molar-refractivity contribution in [2.45, 2.75) is 13.0 Å². The molecule has 0 atom stereocenters. The van der Waals surface area contributed by atoms with Gasteiger partial charge in [-0.15, -0.1) is 0 Å². The van der Waals surface area contributed by atoms with Gasteiger partial charge in [0.1, 0.15) is 11.8 Å². The molecule has 0 amide bonds. The van der Waals surface area contributed by atoms with Crippen LogP contribution in [0.4, 0.5) is 0 Å². The molecule has 28 heavy (non-hydrogen) atoms. The molecule has 2 aromatic carbocycles. The third-order valence-corrected chi connectivity index (χ3v) is 4.71. The zero-order chi connectivity index (χ0) is 19.5. The van der Waals surface area contributed by atoms with Crippen molar-refractivity contribution in [1.82, 2.24) is 9.55 Å². The van der Waals surface area contributed by atoms with Crippen LogP contribution in [0.1, 0.15) is 22.4 Å². The van der Waals surface area contributed by atoms with Gasteiger partial charge < -0.3 is 9.67 Å². The minimum atomic E-state index is -0.191. The molecule has 136 valence electrons. The summed E-state index contributed by atoms with van der Waals surface area (Å²) in [6.07, 6.45) is 1.69. The van der Waals surface area contributed by atoms with Crippen LogP contribution in [0, 0.1) is 11.3 Å². The molecule has 0 aliphatic rings. The van der Waals surface area contributed by atoms with E-state index in [2.05, 4.69) is 4.98 Å². The summed E-state index contributed by atoms with van der Waals surface area (Å²) in [7, 11) is 0. The van der Waals surface area contributed by atoms with E-state index in [0.29, 0.717) is 29.4 Å². The van der Waals surface area contributed by atoms with Gasteiger partial charge in [0.25, 0.3) is 5.56 Å². The highest BCUT2D eigenvalue weighted by Crippen LogP contribution is 2.26. The van der Waals surface area contributed by atoms with Crippen LogP contribution in [0.25, 0.3) is 10.9 Å². The second kappa shape index (κ2) is 7.37. The van der Waals surface area contributed by atoms with Gasteiger partial charge in [0.15, 0.2) is 5.69 Å². The lowest BCUT2D eigenvalue weighted by Crippen LogP contribution is -2.25. The van der Waals surface area contributed by atoms with Crippen LogP contribution >= 0.6 is 0 Å². The number of benzene rings is 2. The molecule has 0 bridgehead atoms. The highest BCUT2D eigenvalue weighted by molar-refractivity contribution is 5.88. The molecule has 0 radical (unpaired) electrons. The fourth-order valence-corrected chi connectivity index (χ4v) is 3.37. The maximum Gasteiger partial charge on any atom is 0.254 e. The van der Waals surface area contributed by atoms with Crippen molar-refractivity contribution in [1.29, 1.82) is 5.26 Å². The summed E-state index contributed by atoms with van der Waals surface area (Å²) in [4.78, 5) is 17.3. The fourth-order valence-electron chi connectivity index (χ4n) is 3.37. The molecule has 2 aromatic heterocycles. The van der Waals surface area contributed by atoms with E-state index in [1.807, 2.05) is 66.7 Å². The molecule has 2 heterocycles. The van der Waals surface area contributed by atoms with E-state index in [0.717, 1.165) is 11.1 Å². The van der Waals surface area contributed by atoms with Crippen molar-refractivity contribution < 1.29 is 5.11 Å². The third kappa shape index (κ3) is 3.24. The SMILES string of the molecule is N#Cc1ncc(O)c2cc(Cc3ccccc3)c(=O)n(Cc3ccccc3)c12. The molecule has 0 saturated carbocycles. The van der Waals surface area contributed by atoms with Crippen molar-refractivity contribution in [3.8, 4) is 11.8 Å². The Morgan fingerprint density at radius 2 is 1.64 bits per heavy atom. The zero-order valence-corrected chi connectivity index (χ0v) is 15.0. The normalized spacial score (nSPS) is 10.7. The molecule has 0 aliphatic carbocycles. The molecule has 4 aromatic rings. The maximum absolute atomic E-state index is 13.3. The first-order valence-electron chi connectivity index (χ1n) is 8.89. The minimum Gasteiger partial charge on any atom is -0.506 e. The van der Waals surface area contributed by atoms with Crippen LogP contribution in [0.3, 0.4) is 0 Å². The predicted molar refractivity (Wildman–Crippen MR) is 107 cm³/mol. The predicted octanol–water partition coefficient (Wildman–Crippen LogP) is 3.61. The topological polar surface area (TPSA) is 78.9 Å².